The van der Waals surface area contributed by atoms with Crippen molar-refractivity contribution in [3.63, 3.8) is 0 Å². The minimum Gasteiger partial charge on any atom is -0.371 e. The lowest BCUT2D eigenvalue weighted by molar-refractivity contribution is 0.818. The van der Waals surface area contributed by atoms with Crippen LogP contribution in [0.5, 0.6) is 0 Å². The molecule has 0 aliphatic carbocycles. The number of aryl methyl sites for hydroxylation is 1. The summed E-state index contributed by atoms with van der Waals surface area (Å²) in [6.07, 6.45) is 1.89. The molecule has 3 rings (SSSR count). The number of fused-ring (bicyclic) bond motifs is 1. The highest BCUT2D eigenvalue weighted by molar-refractivity contribution is 6.17. The van der Waals surface area contributed by atoms with E-state index in [-0.39, 0.29) is 0 Å². The van der Waals surface area contributed by atoms with Crippen molar-refractivity contribution >= 4 is 28.7 Å². The number of hydrogen-bond donors (Lipinski definition) is 0. The summed E-state index contributed by atoms with van der Waals surface area (Å²) in [7, 11) is 2.14. The summed E-state index contributed by atoms with van der Waals surface area (Å²) in [5.41, 5.74) is 5.77. The van der Waals surface area contributed by atoms with Crippen molar-refractivity contribution < 1.29 is 0 Å². The smallest absolute Gasteiger partial charge is 0.0649 e. The van der Waals surface area contributed by atoms with Gasteiger partial charge in [0.25, 0.3) is 0 Å². The van der Waals surface area contributed by atoms with Crippen LogP contribution in [-0.4, -0.2) is 25.1 Å². The molecule has 2 aromatic rings. The Morgan fingerprint density at radius 3 is 2.65 bits per heavy atom. The predicted molar refractivity (Wildman–Crippen MR) is 85.2 cm³/mol. The van der Waals surface area contributed by atoms with Crippen LogP contribution in [0.1, 0.15) is 11.3 Å². The molecule has 0 amide bonds. The van der Waals surface area contributed by atoms with E-state index in [0.717, 1.165) is 24.3 Å². The summed E-state index contributed by atoms with van der Waals surface area (Å²) >= 11 is 6.08. The molecule has 0 atom stereocenters. The number of nitrogens with zero attached hydrogens (tertiary/aromatic N) is 3. The normalized spacial score (nSPS) is 14.3. The Morgan fingerprint density at radius 1 is 1.15 bits per heavy atom. The number of anilines is 3. The molecule has 0 N–H and O–H groups in total. The van der Waals surface area contributed by atoms with Crippen LogP contribution in [0.3, 0.4) is 0 Å². The van der Waals surface area contributed by atoms with E-state index in [1.807, 2.05) is 13.1 Å². The van der Waals surface area contributed by atoms with E-state index in [1.165, 1.54) is 17.1 Å². The Balaban J connectivity index is 2.12. The zero-order chi connectivity index (χ0) is 14.1. The summed E-state index contributed by atoms with van der Waals surface area (Å²) in [4.78, 5) is 9.00. The number of benzene rings is 1. The van der Waals surface area contributed by atoms with Crippen molar-refractivity contribution in [1.29, 1.82) is 0 Å². The second kappa shape index (κ2) is 5.33. The van der Waals surface area contributed by atoms with Gasteiger partial charge >= 0.3 is 0 Å². The zero-order valence-corrected chi connectivity index (χ0v) is 12.6. The van der Waals surface area contributed by atoms with Gasteiger partial charge in [0, 0.05) is 43.3 Å². The fourth-order valence-corrected chi connectivity index (χ4v) is 2.89. The van der Waals surface area contributed by atoms with Gasteiger partial charge in [0.15, 0.2) is 0 Å². The quantitative estimate of drug-likeness (QED) is 0.785. The van der Waals surface area contributed by atoms with Crippen LogP contribution in [0, 0.1) is 6.92 Å². The van der Waals surface area contributed by atoms with Gasteiger partial charge in [-0.05, 0) is 25.1 Å². The zero-order valence-electron chi connectivity index (χ0n) is 11.8. The SMILES string of the molecule is Cc1cc(N2CCN(C)c3ccccc32)c(CCl)cn1. The van der Waals surface area contributed by atoms with E-state index >= 15 is 0 Å². The van der Waals surface area contributed by atoms with Crippen LogP contribution in [0.2, 0.25) is 0 Å². The molecule has 0 radical (unpaired) electrons. The summed E-state index contributed by atoms with van der Waals surface area (Å²) < 4.78 is 0. The van der Waals surface area contributed by atoms with E-state index in [1.54, 1.807) is 0 Å². The van der Waals surface area contributed by atoms with Crippen LogP contribution < -0.4 is 9.80 Å². The maximum Gasteiger partial charge on any atom is 0.0649 e. The highest BCUT2D eigenvalue weighted by Gasteiger charge is 2.22. The molecule has 0 unspecified atom stereocenters. The molecular formula is C16H18ClN3. The van der Waals surface area contributed by atoms with Gasteiger partial charge < -0.3 is 9.80 Å². The number of alkyl halides is 1. The molecule has 3 nitrogen and oxygen atoms in total. The van der Waals surface area contributed by atoms with E-state index < -0.39 is 0 Å². The van der Waals surface area contributed by atoms with Gasteiger partial charge in [-0.15, -0.1) is 11.6 Å². The third kappa shape index (κ3) is 2.22. The Bertz CT molecular complexity index is 627. The molecule has 0 saturated carbocycles. The lowest BCUT2D eigenvalue weighted by Gasteiger charge is -2.37. The third-order valence-electron chi connectivity index (χ3n) is 3.78. The molecule has 104 valence electrons. The molecule has 20 heavy (non-hydrogen) atoms. The van der Waals surface area contributed by atoms with Crippen molar-refractivity contribution in [3.05, 3.63) is 47.8 Å². The summed E-state index contributed by atoms with van der Waals surface area (Å²) in [6, 6.07) is 10.6. The Kier molecular flexibility index (Phi) is 3.53. The third-order valence-corrected chi connectivity index (χ3v) is 4.06. The largest absolute Gasteiger partial charge is 0.371 e. The number of halogens is 1. The van der Waals surface area contributed by atoms with Gasteiger partial charge in [0.2, 0.25) is 0 Å². The molecule has 0 saturated heterocycles. The second-order valence-corrected chi connectivity index (χ2v) is 5.42. The highest BCUT2D eigenvalue weighted by Crippen LogP contribution is 2.38. The molecule has 1 aliphatic rings. The van der Waals surface area contributed by atoms with E-state index in [0.29, 0.717) is 5.88 Å². The first-order valence-electron chi connectivity index (χ1n) is 6.80. The van der Waals surface area contributed by atoms with Gasteiger partial charge in [-0.3, -0.25) is 4.98 Å². The van der Waals surface area contributed by atoms with Crippen LogP contribution in [-0.2, 0) is 5.88 Å². The van der Waals surface area contributed by atoms with Crippen LogP contribution in [0.25, 0.3) is 0 Å². The maximum absolute atomic E-state index is 6.08. The number of pyridine rings is 1. The van der Waals surface area contributed by atoms with Gasteiger partial charge in [0.05, 0.1) is 17.3 Å². The number of hydrogen-bond acceptors (Lipinski definition) is 3. The van der Waals surface area contributed by atoms with Crippen molar-refractivity contribution in [2.24, 2.45) is 0 Å². The van der Waals surface area contributed by atoms with Crippen molar-refractivity contribution in [1.82, 2.24) is 4.98 Å². The second-order valence-electron chi connectivity index (χ2n) is 5.15. The average molecular weight is 288 g/mol. The molecular weight excluding hydrogens is 270 g/mol. The Hall–Kier alpha value is -1.74. The van der Waals surface area contributed by atoms with Crippen molar-refractivity contribution in [2.75, 3.05) is 29.9 Å². The Morgan fingerprint density at radius 2 is 1.90 bits per heavy atom. The number of rotatable bonds is 2. The van der Waals surface area contributed by atoms with Gasteiger partial charge in [0.1, 0.15) is 0 Å². The number of likely N-dealkylation sites (N-methyl/N-ethyl adjacent to an activating group) is 1. The van der Waals surface area contributed by atoms with Gasteiger partial charge in [-0.2, -0.15) is 0 Å². The first-order chi connectivity index (χ1) is 9.70. The average Bonchev–Trinajstić information content (AvgIpc) is 2.48. The molecule has 1 aromatic carbocycles. The molecule has 4 heteroatoms. The fraction of sp³-hybridized carbons (Fsp3) is 0.312. The minimum atomic E-state index is 0.483. The van der Waals surface area contributed by atoms with Crippen LogP contribution in [0.4, 0.5) is 17.1 Å². The van der Waals surface area contributed by atoms with Gasteiger partial charge in [-0.1, -0.05) is 12.1 Å². The lowest BCUT2D eigenvalue weighted by atomic mass is 10.1. The molecule has 0 bridgehead atoms. The van der Waals surface area contributed by atoms with Crippen molar-refractivity contribution in [3.8, 4) is 0 Å². The number of aromatic nitrogens is 1. The van der Waals surface area contributed by atoms with E-state index in [2.05, 4.69) is 52.2 Å². The van der Waals surface area contributed by atoms with Crippen LogP contribution in [0.15, 0.2) is 36.5 Å². The highest BCUT2D eigenvalue weighted by atomic mass is 35.5. The number of para-hydroxylation sites is 2. The Labute approximate surface area is 124 Å². The van der Waals surface area contributed by atoms with Crippen LogP contribution >= 0.6 is 11.6 Å². The molecule has 0 spiro atoms. The topological polar surface area (TPSA) is 19.4 Å². The maximum atomic E-state index is 6.08. The standard InChI is InChI=1S/C16H18ClN3/c1-12-9-16(13(10-17)11-18-12)20-8-7-19(2)14-5-3-4-6-15(14)20/h3-6,9,11H,7-8,10H2,1-2H3. The predicted octanol–water partition coefficient (Wildman–Crippen LogP) is 3.72. The minimum absolute atomic E-state index is 0.483. The fourth-order valence-electron chi connectivity index (χ4n) is 2.68. The lowest BCUT2D eigenvalue weighted by Crippen LogP contribution is -2.36. The van der Waals surface area contributed by atoms with E-state index in [9.17, 15) is 0 Å². The van der Waals surface area contributed by atoms with Crippen molar-refractivity contribution in [2.45, 2.75) is 12.8 Å². The summed E-state index contributed by atoms with van der Waals surface area (Å²) in [5.74, 6) is 0.483. The molecule has 2 heterocycles. The molecule has 0 fully saturated rings. The molecule has 1 aliphatic heterocycles. The summed E-state index contributed by atoms with van der Waals surface area (Å²) in [6.45, 7) is 3.98. The monoisotopic (exact) mass is 287 g/mol. The first kappa shape index (κ1) is 13.3. The van der Waals surface area contributed by atoms with E-state index in [4.69, 9.17) is 11.6 Å². The van der Waals surface area contributed by atoms with Gasteiger partial charge in [-0.25, -0.2) is 0 Å². The first-order valence-corrected chi connectivity index (χ1v) is 7.33. The molecule has 1 aromatic heterocycles. The summed E-state index contributed by atoms with van der Waals surface area (Å²) in [5, 5.41) is 0.